The van der Waals surface area contributed by atoms with E-state index in [9.17, 15) is 9.59 Å². The standard InChI is InChI=1S/C27H22N2O4/c1-18-6-3-10-23(33-24(30)16-13-19-11-14-21(32-2)15-12-19)25(18)27(31)29-22-9-4-7-20-8-5-17-28-26(20)22/h3-17H,1-2H3,(H,29,31)/b16-13+. The molecule has 0 atom stereocenters. The van der Waals surface area contributed by atoms with Crippen molar-refractivity contribution in [3.8, 4) is 11.5 Å². The van der Waals surface area contributed by atoms with Crippen molar-refractivity contribution in [2.45, 2.75) is 6.92 Å². The minimum atomic E-state index is -0.586. The largest absolute Gasteiger partial charge is 0.497 e. The Kier molecular flexibility index (Phi) is 6.45. The van der Waals surface area contributed by atoms with E-state index in [1.54, 1.807) is 62.7 Å². The van der Waals surface area contributed by atoms with Crippen molar-refractivity contribution in [2.24, 2.45) is 0 Å². The van der Waals surface area contributed by atoms with Gasteiger partial charge in [-0.25, -0.2) is 4.79 Å². The van der Waals surface area contributed by atoms with Gasteiger partial charge in [0.15, 0.2) is 0 Å². The van der Waals surface area contributed by atoms with Crippen molar-refractivity contribution in [3.05, 3.63) is 102 Å². The predicted molar refractivity (Wildman–Crippen MR) is 129 cm³/mol. The smallest absolute Gasteiger partial charge is 0.336 e. The molecule has 4 aromatic rings. The van der Waals surface area contributed by atoms with Gasteiger partial charge in [0, 0.05) is 17.7 Å². The summed E-state index contributed by atoms with van der Waals surface area (Å²) < 4.78 is 10.6. The molecular weight excluding hydrogens is 416 g/mol. The highest BCUT2D eigenvalue weighted by Gasteiger charge is 2.18. The lowest BCUT2D eigenvalue weighted by Crippen LogP contribution is -2.17. The molecule has 6 nitrogen and oxygen atoms in total. The fraction of sp³-hybridized carbons (Fsp3) is 0.0741. The molecule has 0 aliphatic carbocycles. The Morgan fingerprint density at radius 1 is 0.939 bits per heavy atom. The minimum Gasteiger partial charge on any atom is -0.497 e. The molecule has 0 aliphatic heterocycles. The molecule has 0 saturated carbocycles. The second-order valence-corrected chi connectivity index (χ2v) is 7.31. The van der Waals surface area contributed by atoms with Gasteiger partial charge in [-0.2, -0.15) is 0 Å². The fourth-order valence-corrected chi connectivity index (χ4v) is 3.43. The van der Waals surface area contributed by atoms with Crippen LogP contribution in [0.1, 0.15) is 21.5 Å². The molecule has 164 valence electrons. The van der Waals surface area contributed by atoms with Gasteiger partial charge in [0.2, 0.25) is 0 Å². The van der Waals surface area contributed by atoms with E-state index in [0.717, 1.165) is 16.7 Å². The first kappa shape index (κ1) is 21.8. The third-order valence-corrected chi connectivity index (χ3v) is 5.08. The molecule has 0 saturated heterocycles. The second-order valence-electron chi connectivity index (χ2n) is 7.31. The topological polar surface area (TPSA) is 77.5 Å². The number of amides is 1. The van der Waals surface area contributed by atoms with Gasteiger partial charge in [-0.1, -0.05) is 42.5 Å². The van der Waals surface area contributed by atoms with Crippen LogP contribution in [0.3, 0.4) is 0 Å². The number of pyridine rings is 1. The van der Waals surface area contributed by atoms with Crippen LogP contribution < -0.4 is 14.8 Å². The number of esters is 1. The number of rotatable bonds is 6. The van der Waals surface area contributed by atoms with Crippen LogP contribution in [0, 0.1) is 6.92 Å². The molecule has 4 rings (SSSR count). The molecule has 1 heterocycles. The lowest BCUT2D eigenvalue weighted by atomic mass is 10.1. The highest BCUT2D eigenvalue weighted by molar-refractivity contribution is 6.10. The van der Waals surface area contributed by atoms with Gasteiger partial charge in [-0.05, 0) is 54.5 Å². The van der Waals surface area contributed by atoms with E-state index in [1.807, 2.05) is 36.4 Å². The molecule has 0 fully saturated rings. The monoisotopic (exact) mass is 438 g/mol. The second kappa shape index (κ2) is 9.78. The molecule has 3 aromatic carbocycles. The summed E-state index contributed by atoms with van der Waals surface area (Å²) in [5.41, 5.74) is 3.06. The lowest BCUT2D eigenvalue weighted by Gasteiger charge is -2.13. The molecule has 1 N–H and O–H groups in total. The zero-order chi connectivity index (χ0) is 23.2. The number of nitrogens with zero attached hydrogens (tertiary/aromatic N) is 1. The van der Waals surface area contributed by atoms with Crippen LogP contribution in [0.4, 0.5) is 5.69 Å². The van der Waals surface area contributed by atoms with Crippen molar-refractivity contribution in [3.63, 3.8) is 0 Å². The molecule has 1 amide bonds. The van der Waals surface area contributed by atoms with Gasteiger partial charge in [0.25, 0.3) is 5.91 Å². The quantitative estimate of drug-likeness (QED) is 0.247. The number of ether oxygens (including phenoxy) is 2. The van der Waals surface area contributed by atoms with Crippen LogP contribution in [0.5, 0.6) is 11.5 Å². The molecule has 6 heteroatoms. The maximum atomic E-state index is 13.2. The predicted octanol–water partition coefficient (Wildman–Crippen LogP) is 5.42. The van der Waals surface area contributed by atoms with E-state index in [0.29, 0.717) is 16.8 Å². The summed E-state index contributed by atoms with van der Waals surface area (Å²) >= 11 is 0. The maximum absolute atomic E-state index is 13.2. The number of carbonyl (C=O) groups is 2. The summed E-state index contributed by atoms with van der Waals surface area (Å²) in [6.07, 6.45) is 4.63. The number of para-hydroxylation sites is 1. The van der Waals surface area contributed by atoms with E-state index in [1.165, 1.54) is 6.08 Å². The van der Waals surface area contributed by atoms with Crippen molar-refractivity contribution in [1.29, 1.82) is 0 Å². The Morgan fingerprint density at radius 2 is 1.70 bits per heavy atom. The Labute approximate surface area is 191 Å². The lowest BCUT2D eigenvalue weighted by molar-refractivity contribution is -0.128. The van der Waals surface area contributed by atoms with Crippen LogP contribution in [0.15, 0.2) is 85.1 Å². The molecule has 1 aromatic heterocycles. The summed E-state index contributed by atoms with van der Waals surface area (Å²) in [6.45, 7) is 1.79. The van der Waals surface area contributed by atoms with Crippen LogP contribution in [-0.4, -0.2) is 24.0 Å². The average molecular weight is 438 g/mol. The van der Waals surface area contributed by atoms with Crippen molar-refractivity contribution in [2.75, 3.05) is 12.4 Å². The number of fused-ring (bicyclic) bond motifs is 1. The molecule has 0 unspecified atom stereocenters. The number of aryl methyl sites for hydroxylation is 1. The van der Waals surface area contributed by atoms with Gasteiger partial charge in [0.1, 0.15) is 11.5 Å². The normalized spacial score (nSPS) is 10.8. The molecule has 0 spiro atoms. The van der Waals surface area contributed by atoms with Gasteiger partial charge in [-0.15, -0.1) is 0 Å². The first-order valence-electron chi connectivity index (χ1n) is 10.3. The Morgan fingerprint density at radius 3 is 2.48 bits per heavy atom. The van der Waals surface area contributed by atoms with Crippen molar-refractivity contribution in [1.82, 2.24) is 4.98 Å². The van der Waals surface area contributed by atoms with Crippen LogP contribution in [0.25, 0.3) is 17.0 Å². The summed E-state index contributed by atoms with van der Waals surface area (Å²) in [5.74, 6) is -0.0536. The molecule has 33 heavy (non-hydrogen) atoms. The number of anilines is 1. The number of hydrogen-bond donors (Lipinski definition) is 1. The third kappa shape index (κ3) is 5.07. The average Bonchev–Trinajstić information content (AvgIpc) is 2.83. The number of hydrogen-bond acceptors (Lipinski definition) is 5. The zero-order valence-corrected chi connectivity index (χ0v) is 18.2. The van der Waals surface area contributed by atoms with Crippen molar-refractivity contribution >= 4 is 34.5 Å². The zero-order valence-electron chi connectivity index (χ0n) is 18.2. The summed E-state index contributed by atoms with van der Waals surface area (Å²) in [5, 5.41) is 3.81. The number of nitrogens with one attached hydrogen (secondary N) is 1. The van der Waals surface area contributed by atoms with Crippen LogP contribution in [0.2, 0.25) is 0 Å². The SMILES string of the molecule is COc1ccc(/C=C/C(=O)Oc2cccc(C)c2C(=O)Nc2cccc3cccnc23)cc1. The summed E-state index contributed by atoms with van der Waals surface area (Å²) in [4.78, 5) is 30.0. The fourth-order valence-electron chi connectivity index (χ4n) is 3.43. The minimum absolute atomic E-state index is 0.185. The van der Waals surface area contributed by atoms with E-state index in [-0.39, 0.29) is 17.2 Å². The molecular formula is C27H22N2O4. The van der Waals surface area contributed by atoms with Gasteiger partial charge in [-0.3, -0.25) is 9.78 Å². The molecule has 0 bridgehead atoms. The van der Waals surface area contributed by atoms with Crippen molar-refractivity contribution < 1.29 is 19.1 Å². The van der Waals surface area contributed by atoms with E-state index < -0.39 is 5.97 Å². The maximum Gasteiger partial charge on any atom is 0.336 e. The van der Waals surface area contributed by atoms with E-state index in [2.05, 4.69) is 10.3 Å². The summed E-state index contributed by atoms with van der Waals surface area (Å²) in [7, 11) is 1.59. The Balaban J connectivity index is 1.54. The molecule has 0 aliphatic rings. The number of methoxy groups -OCH3 is 1. The highest BCUT2D eigenvalue weighted by atomic mass is 16.5. The first-order valence-corrected chi connectivity index (χ1v) is 10.3. The van der Waals surface area contributed by atoms with Gasteiger partial charge >= 0.3 is 5.97 Å². The number of benzene rings is 3. The molecule has 0 radical (unpaired) electrons. The Hall–Kier alpha value is -4.45. The number of aromatic nitrogens is 1. The highest BCUT2D eigenvalue weighted by Crippen LogP contribution is 2.26. The first-order chi connectivity index (χ1) is 16.0. The Bertz CT molecular complexity index is 1340. The van der Waals surface area contributed by atoms with E-state index >= 15 is 0 Å². The van der Waals surface area contributed by atoms with Crippen LogP contribution >= 0.6 is 0 Å². The van der Waals surface area contributed by atoms with Crippen LogP contribution in [-0.2, 0) is 4.79 Å². The number of carbonyl (C=O) groups excluding carboxylic acids is 2. The summed E-state index contributed by atoms with van der Waals surface area (Å²) in [6, 6.07) is 21.7. The van der Waals surface area contributed by atoms with E-state index in [4.69, 9.17) is 9.47 Å². The third-order valence-electron chi connectivity index (χ3n) is 5.08. The van der Waals surface area contributed by atoms with Gasteiger partial charge in [0.05, 0.1) is 23.9 Å². The van der Waals surface area contributed by atoms with Gasteiger partial charge < -0.3 is 14.8 Å².